The fourth-order valence-electron chi connectivity index (χ4n) is 1.86. The van der Waals surface area contributed by atoms with Crippen LogP contribution in [0.25, 0.3) is 0 Å². The SMILES string of the molecule is CNc1cc(C(=O)NCCc2csc(C)n2)cc(C)n1. The van der Waals surface area contributed by atoms with Crippen LogP contribution in [0.15, 0.2) is 17.5 Å². The number of carbonyl (C=O) groups excluding carboxylic acids is 1. The summed E-state index contributed by atoms with van der Waals surface area (Å²) in [5.74, 6) is 0.615. The van der Waals surface area contributed by atoms with Gasteiger partial charge in [-0.05, 0) is 26.0 Å². The lowest BCUT2D eigenvalue weighted by atomic mass is 10.2. The Hall–Kier alpha value is -1.95. The molecule has 2 N–H and O–H groups in total. The first-order chi connectivity index (χ1) is 9.58. The second-order valence-electron chi connectivity index (χ2n) is 4.50. The Kier molecular flexibility index (Phi) is 4.68. The van der Waals surface area contributed by atoms with Crippen molar-refractivity contribution in [3.8, 4) is 0 Å². The molecule has 5 nitrogen and oxygen atoms in total. The third-order valence-corrected chi connectivity index (χ3v) is 3.63. The van der Waals surface area contributed by atoms with Crippen molar-refractivity contribution in [1.82, 2.24) is 15.3 Å². The van der Waals surface area contributed by atoms with Crippen LogP contribution in [-0.4, -0.2) is 29.5 Å². The van der Waals surface area contributed by atoms with Gasteiger partial charge in [0.15, 0.2) is 0 Å². The van der Waals surface area contributed by atoms with E-state index in [4.69, 9.17) is 0 Å². The number of nitrogens with one attached hydrogen (secondary N) is 2. The van der Waals surface area contributed by atoms with Gasteiger partial charge >= 0.3 is 0 Å². The van der Waals surface area contributed by atoms with Crippen molar-refractivity contribution in [3.05, 3.63) is 39.5 Å². The molecule has 0 atom stereocenters. The van der Waals surface area contributed by atoms with Crippen LogP contribution >= 0.6 is 11.3 Å². The average molecular weight is 290 g/mol. The number of hydrogen-bond acceptors (Lipinski definition) is 5. The molecule has 0 saturated heterocycles. The number of nitrogens with zero attached hydrogens (tertiary/aromatic N) is 2. The molecule has 2 rings (SSSR count). The summed E-state index contributed by atoms with van der Waals surface area (Å²) in [6, 6.07) is 3.53. The summed E-state index contributed by atoms with van der Waals surface area (Å²) in [6.45, 7) is 4.43. The van der Waals surface area contributed by atoms with E-state index in [9.17, 15) is 4.79 Å². The number of amides is 1. The summed E-state index contributed by atoms with van der Waals surface area (Å²) >= 11 is 1.63. The number of aryl methyl sites for hydroxylation is 2. The quantitative estimate of drug-likeness (QED) is 0.885. The standard InChI is InChI=1S/C14H18N4OS/c1-9-6-11(7-13(15-3)17-9)14(19)16-5-4-12-8-20-10(2)18-12/h6-8H,4-5H2,1-3H3,(H,15,17)(H,16,19). The predicted molar refractivity (Wildman–Crippen MR) is 81.4 cm³/mol. The number of carbonyl (C=O) groups is 1. The zero-order valence-electron chi connectivity index (χ0n) is 11.9. The number of pyridine rings is 1. The minimum Gasteiger partial charge on any atom is -0.373 e. The first-order valence-electron chi connectivity index (χ1n) is 6.44. The van der Waals surface area contributed by atoms with Crippen molar-refractivity contribution in [2.75, 3.05) is 18.9 Å². The molecule has 0 saturated carbocycles. The Morgan fingerprint density at radius 1 is 1.30 bits per heavy atom. The molecule has 0 bridgehead atoms. The number of aromatic nitrogens is 2. The van der Waals surface area contributed by atoms with Gasteiger partial charge in [-0.25, -0.2) is 9.97 Å². The number of rotatable bonds is 5. The van der Waals surface area contributed by atoms with Crippen molar-refractivity contribution >= 4 is 23.1 Å². The van der Waals surface area contributed by atoms with E-state index in [0.29, 0.717) is 17.9 Å². The van der Waals surface area contributed by atoms with Crippen LogP contribution in [0.2, 0.25) is 0 Å². The van der Waals surface area contributed by atoms with E-state index in [-0.39, 0.29) is 5.91 Å². The Morgan fingerprint density at radius 2 is 2.10 bits per heavy atom. The molecule has 0 aliphatic carbocycles. The molecule has 0 aliphatic rings. The van der Waals surface area contributed by atoms with E-state index < -0.39 is 0 Å². The molecule has 106 valence electrons. The fourth-order valence-corrected chi connectivity index (χ4v) is 2.50. The maximum absolute atomic E-state index is 12.1. The molecular formula is C14H18N4OS. The van der Waals surface area contributed by atoms with Gasteiger partial charge in [-0.1, -0.05) is 0 Å². The topological polar surface area (TPSA) is 66.9 Å². The molecule has 0 aliphatic heterocycles. The van der Waals surface area contributed by atoms with Crippen LogP contribution in [0.4, 0.5) is 5.82 Å². The Bertz CT molecular complexity index is 609. The van der Waals surface area contributed by atoms with Gasteiger partial charge in [0.2, 0.25) is 0 Å². The second-order valence-corrected chi connectivity index (χ2v) is 5.56. The van der Waals surface area contributed by atoms with Crippen molar-refractivity contribution < 1.29 is 4.79 Å². The molecule has 1 amide bonds. The molecule has 6 heteroatoms. The maximum Gasteiger partial charge on any atom is 0.251 e. The largest absolute Gasteiger partial charge is 0.373 e. The summed E-state index contributed by atoms with van der Waals surface area (Å²) in [7, 11) is 1.79. The van der Waals surface area contributed by atoms with Gasteiger partial charge < -0.3 is 10.6 Å². The summed E-state index contributed by atoms with van der Waals surface area (Å²) < 4.78 is 0. The first kappa shape index (κ1) is 14.5. The first-order valence-corrected chi connectivity index (χ1v) is 7.32. The molecule has 2 aromatic rings. The van der Waals surface area contributed by atoms with Crippen molar-refractivity contribution in [1.29, 1.82) is 0 Å². The molecule has 0 spiro atoms. The molecule has 0 aromatic carbocycles. The summed E-state index contributed by atoms with van der Waals surface area (Å²) in [5.41, 5.74) is 2.46. The Labute approximate surface area is 122 Å². The van der Waals surface area contributed by atoms with E-state index in [0.717, 1.165) is 22.8 Å². The number of anilines is 1. The normalized spacial score (nSPS) is 10.3. The van der Waals surface area contributed by atoms with Gasteiger partial charge in [0, 0.05) is 36.7 Å². The smallest absolute Gasteiger partial charge is 0.251 e. The highest BCUT2D eigenvalue weighted by Crippen LogP contribution is 2.10. The van der Waals surface area contributed by atoms with Gasteiger partial charge in [0.05, 0.1) is 10.7 Å². The zero-order chi connectivity index (χ0) is 14.5. The lowest BCUT2D eigenvalue weighted by Gasteiger charge is -2.07. The van der Waals surface area contributed by atoms with Crippen LogP contribution in [0.3, 0.4) is 0 Å². The molecule has 2 aromatic heterocycles. The van der Waals surface area contributed by atoms with E-state index in [2.05, 4.69) is 20.6 Å². The number of thiazole rings is 1. The third kappa shape index (κ3) is 3.77. The zero-order valence-corrected chi connectivity index (χ0v) is 12.7. The van der Waals surface area contributed by atoms with Crippen molar-refractivity contribution in [2.24, 2.45) is 0 Å². The van der Waals surface area contributed by atoms with Crippen LogP contribution in [0.5, 0.6) is 0 Å². The van der Waals surface area contributed by atoms with Gasteiger partial charge in [-0.15, -0.1) is 11.3 Å². The van der Waals surface area contributed by atoms with Crippen LogP contribution in [0.1, 0.15) is 26.8 Å². The molecule has 0 radical (unpaired) electrons. The Balaban J connectivity index is 1.93. The molecule has 0 unspecified atom stereocenters. The van der Waals surface area contributed by atoms with Gasteiger partial charge in [0.25, 0.3) is 5.91 Å². The molecule has 0 fully saturated rings. The summed E-state index contributed by atoms with van der Waals surface area (Å²) in [4.78, 5) is 20.7. The predicted octanol–water partition coefficient (Wildman–Crippen LogP) is 2.17. The monoisotopic (exact) mass is 290 g/mol. The molecular weight excluding hydrogens is 272 g/mol. The third-order valence-electron chi connectivity index (χ3n) is 2.81. The van der Waals surface area contributed by atoms with Gasteiger partial charge in [-0.3, -0.25) is 4.79 Å². The lowest BCUT2D eigenvalue weighted by molar-refractivity contribution is 0.0954. The van der Waals surface area contributed by atoms with Gasteiger partial charge in [-0.2, -0.15) is 0 Å². The fraction of sp³-hybridized carbons (Fsp3) is 0.357. The second kappa shape index (κ2) is 6.47. The highest BCUT2D eigenvalue weighted by atomic mass is 32.1. The summed E-state index contributed by atoms with van der Waals surface area (Å²) in [5, 5.41) is 8.93. The average Bonchev–Trinajstić information content (AvgIpc) is 2.83. The van der Waals surface area contributed by atoms with E-state index in [1.54, 1.807) is 30.5 Å². The van der Waals surface area contributed by atoms with Crippen LogP contribution < -0.4 is 10.6 Å². The van der Waals surface area contributed by atoms with Crippen LogP contribution in [-0.2, 0) is 6.42 Å². The van der Waals surface area contributed by atoms with Crippen molar-refractivity contribution in [3.63, 3.8) is 0 Å². The Morgan fingerprint density at radius 3 is 2.75 bits per heavy atom. The van der Waals surface area contributed by atoms with Crippen molar-refractivity contribution in [2.45, 2.75) is 20.3 Å². The van der Waals surface area contributed by atoms with E-state index in [1.807, 2.05) is 19.2 Å². The van der Waals surface area contributed by atoms with E-state index >= 15 is 0 Å². The molecule has 2 heterocycles. The minimum atomic E-state index is -0.0843. The lowest BCUT2D eigenvalue weighted by Crippen LogP contribution is -2.26. The number of hydrogen-bond donors (Lipinski definition) is 2. The maximum atomic E-state index is 12.1. The summed E-state index contributed by atoms with van der Waals surface area (Å²) in [6.07, 6.45) is 0.749. The highest BCUT2D eigenvalue weighted by Gasteiger charge is 2.08. The van der Waals surface area contributed by atoms with Gasteiger partial charge in [0.1, 0.15) is 5.82 Å². The minimum absolute atomic E-state index is 0.0843. The molecule has 20 heavy (non-hydrogen) atoms. The van der Waals surface area contributed by atoms with E-state index in [1.165, 1.54) is 0 Å². The van der Waals surface area contributed by atoms with Crippen LogP contribution in [0, 0.1) is 13.8 Å². The highest BCUT2D eigenvalue weighted by molar-refractivity contribution is 7.09.